The van der Waals surface area contributed by atoms with Crippen molar-refractivity contribution in [3.05, 3.63) is 73.2 Å². The van der Waals surface area contributed by atoms with Crippen molar-refractivity contribution in [1.29, 1.82) is 0 Å². The van der Waals surface area contributed by atoms with Crippen molar-refractivity contribution in [2.24, 2.45) is 5.92 Å². The van der Waals surface area contributed by atoms with Crippen LogP contribution in [0.1, 0.15) is 31.7 Å². The zero-order chi connectivity index (χ0) is 24.6. The Kier molecular flexibility index (Phi) is 5.60. The highest BCUT2D eigenvalue weighted by Crippen LogP contribution is 2.40. The van der Waals surface area contributed by atoms with Gasteiger partial charge in [0.15, 0.2) is 0 Å². The number of esters is 1. The number of ether oxygens (including phenoxy) is 1. The molecule has 0 unspecified atom stereocenters. The summed E-state index contributed by atoms with van der Waals surface area (Å²) in [5, 5.41) is 1.93. The van der Waals surface area contributed by atoms with E-state index < -0.39 is 0 Å². The average Bonchev–Trinajstić information content (AvgIpc) is 3.33. The third kappa shape index (κ3) is 3.86. The van der Waals surface area contributed by atoms with Crippen LogP contribution in [0.4, 0.5) is 5.82 Å². The van der Waals surface area contributed by atoms with E-state index in [1.165, 1.54) is 13.4 Å². The fourth-order valence-electron chi connectivity index (χ4n) is 5.42. The van der Waals surface area contributed by atoms with Gasteiger partial charge in [-0.05, 0) is 43.4 Å². The van der Waals surface area contributed by atoms with Crippen LogP contribution in [0.2, 0.25) is 0 Å². The molecule has 0 bridgehead atoms. The molecule has 1 aliphatic carbocycles. The predicted molar refractivity (Wildman–Crippen MR) is 141 cm³/mol. The molecule has 0 amide bonds. The van der Waals surface area contributed by atoms with Crippen molar-refractivity contribution in [1.82, 2.24) is 19.5 Å². The van der Waals surface area contributed by atoms with Crippen LogP contribution in [0.5, 0.6) is 0 Å². The van der Waals surface area contributed by atoms with Crippen molar-refractivity contribution < 1.29 is 9.53 Å². The van der Waals surface area contributed by atoms with Crippen molar-refractivity contribution >= 4 is 33.7 Å². The monoisotopic (exact) mass is 477 g/mol. The number of methoxy groups -OCH3 is 1. The third-order valence-corrected chi connectivity index (χ3v) is 7.34. The van der Waals surface area contributed by atoms with Crippen LogP contribution >= 0.6 is 0 Å². The molecule has 36 heavy (non-hydrogen) atoms. The Balaban J connectivity index is 1.42. The van der Waals surface area contributed by atoms with E-state index in [1.54, 1.807) is 0 Å². The van der Waals surface area contributed by atoms with Gasteiger partial charge < -0.3 is 15.0 Å². The van der Waals surface area contributed by atoms with Gasteiger partial charge in [-0.2, -0.15) is 0 Å². The van der Waals surface area contributed by atoms with Gasteiger partial charge in [0.25, 0.3) is 0 Å². The Hall–Kier alpha value is -4.26. The zero-order valence-corrected chi connectivity index (χ0v) is 20.1. The molecule has 5 aromatic rings. The van der Waals surface area contributed by atoms with E-state index in [2.05, 4.69) is 63.2 Å². The van der Waals surface area contributed by atoms with Gasteiger partial charge in [-0.15, -0.1) is 0 Å². The first-order chi connectivity index (χ1) is 17.6. The second kappa shape index (κ2) is 9.07. The Morgan fingerprint density at radius 3 is 2.53 bits per heavy atom. The molecule has 7 nitrogen and oxygen atoms in total. The number of nitrogens with two attached hydrogens (primary N) is 1. The summed E-state index contributed by atoms with van der Waals surface area (Å²) in [6, 6.07) is 20.9. The quantitative estimate of drug-likeness (QED) is 0.329. The Labute approximate surface area is 209 Å². The highest BCUT2D eigenvalue weighted by molar-refractivity contribution is 6.02. The number of nitrogen functional groups attached to an aromatic ring is 1. The number of nitrogens with zero attached hydrogens (tertiary/aromatic N) is 4. The number of fused-ring (bicyclic) bond motifs is 2. The molecule has 7 heteroatoms. The summed E-state index contributed by atoms with van der Waals surface area (Å²) in [7, 11) is 1.46. The SMILES string of the molecule is COC(=O)C1CCC(n2cc(-c3ccc4ccc(-c5ccccc5)nc4c3)c3c(N)ncnc32)CC1. The molecule has 0 atom stereocenters. The smallest absolute Gasteiger partial charge is 0.308 e. The van der Waals surface area contributed by atoms with Crippen LogP contribution < -0.4 is 5.73 Å². The molecule has 2 aromatic carbocycles. The summed E-state index contributed by atoms with van der Waals surface area (Å²) >= 11 is 0. The number of pyridine rings is 1. The molecule has 2 N–H and O–H groups in total. The van der Waals surface area contributed by atoms with E-state index in [1.807, 2.05) is 18.2 Å². The fourth-order valence-corrected chi connectivity index (χ4v) is 5.42. The second-order valence-corrected chi connectivity index (χ2v) is 9.41. The summed E-state index contributed by atoms with van der Waals surface area (Å²) in [4.78, 5) is 25.9. The molecule has 1 fully saturated rings. The zero-order valence-electron chi connectivity index (χ0n) is 20.1. The number of rotatable bonds is 4. The number of hydrogen-bond acceptors (Lipinski definition) is 6. The second-order valence-electron chi connectivity index (χ2n) is 9.41. The summed E-state index contributed by atoms with van der Waals surface area (Å²) < 4.78 is 7.18. The number of hydrogen-bond donors (Lipinski definition) is 1. The lowest BCUT2D eigenvalue weighted by molar-refractivity contribution is -0.146. The van der Waals surface area contributed by atoms with Crippen molar-refractivity contribution in [3.63, 3.8) is 0 Å². The summed E-state index contributed by atoms with van der Waals surface area (Å²) in [5.74, 6) is 0.317. The standard InChI is InChI=1S/C29H27N5O2/c1-36-29(35)20-9-12-22(13-10-20)34-16-23(26-27(30)31-17-32-28(26)34)21-8-7-19-11-14-24(33-25(19)15-21)18-5-3-2-4-6-18/h2-8,11,14-17,20,22H,9-10,12-13H2,1H3,(H2,30,31,32). The van der Waals surface area contributed by atoms with Crippen LogP contribution in [-0.2, 0) is 9.53 Å². The highest BCUT2D eigenvalue weighted by atomic mass is 16.5. The van der Waals surface area contributed by atoms with Gasteiger partial charge in [-0.25, -0.2) is 15.0 Å². The molecule has 6 rings (SSSR count). The van der Waals surface area contributed by atoms with Crippen LogP contribution in [-0.4, -0.2) is 32.6 Å². The maximum Gasteiger partial charge on any atom is 0.308 e. The molecule has 180 valence electrons. The summed E-state index contributed by atoms with van der Waals surface area (Å²) in [6.07, 6.45) is 7.02. The lowest BCUT2D eigenvalue weighted by Crippen LogP contribution is -2.24. The van der Waals surface area contributed by atoms with Gasteiger partial charge in [-0.3, -0.25) is 4.79 Å². The minimum atomic E-state index is -0.114. The normalized spacial score (nSPS) is 17.9. The Morgan fingerprint density at radius 2 is 1.75 bits per heavy atom. The molecule has 0 aliphatic heterocycles. The molecule has 0 spiro atoms. The predicted octanol–water partition coefficient (Wildman–Crippen LogP) is 5.80. The molecule has 3 aromatic heterocycles. The summed E-state index contributed by atoms with van der Waals surface area (Å²) in [6.45, 7) is 0. The van der Waals surface area contributed by atoms with Crippen molar-refractivity contribution in [2.45, 2.75) is 31.7 Å². The van der Waals surface area contributed by atoms with E-state index in [-0.39, 0.29) is 17.9 Å². The maximum absolute atomic E-state index is 12.0. The van der Waals surface area contributed by atoms with Gasteiger partial charge >= 0.3 is 5.97 Å². The Bertz CT molecular complexity index is 1570. The van der Waals surface area contributed by atoms with Gasteiger partial charge in [-0.1, -0.05) is 48.5 Å². The van der Waals surface area contributed by atoms with E-state index in [9.17, 15) is 4.79 Å². The lowest BCUT2D eigenvalue weighted by atomic mass is 9.86. The van der Waals surface area contributed by atoms with E-state index in [0.29, 0.717) is 5.82 Å². The molecule has 1 aliphatic rings. The minimum Gasteiger partial charge on any atom is -0.469 e. The average molecular weight is 478 g/mol. The topological polar surface area (TPSA) is 95.9 Å². The van der Waals surface area contributed by atoms with E-state index >= 15 is 0 Å². The molecular weight excluding hydrogens is 450 g/mol. The molecule has 0 radical (unpaired) electrons. The molecule has 0 saturated heterocycles. The number of carbonyl (C=O) groups is 1. The van der Waals surface area contributed by atoms with Gasteiger partial charge in [0.2, 0.25) is 0 Å². The first-order valence-electron chi connectivity index (χ1n) is 12.3. The number of carbonyl (C=O) groups excluding carboxylic acids is 1. The maximum atomic E-state index is 12.0. The van der Waals surface area contributed by atoms with Crippen LogP contribution in [0, 0.1) is 5.92 Å². The number of anilines is 1. The number of aromatic nitrogens is 4. The van der Waals surface area contributed by atoms with Crippen molar-refractivity contribution in [2.75, 3.05) is 12.8 Å². The molecular formula is C29H27N5O2. The van der Waals surface area contributed by atoms with Crippen LogP contribution in [0.15, 0.2) is 73.2 Å². The first kappa shape index (κ1) is 22.2. The van der Waals surface area contributed by atoms with Crippen LogP contribution in [0.25, 0.3) is 44.3 Å². The fraction of sp³-hybridized carbons (Fsp3) is 0.241. The van der Waals surface area contributed by atoms with Gasteiger partial charge in [0, 0.05) is 28.8 Å². The van der Waals surface area contributed by atoms with Crippen LogP contribution in [0.3, 0.4) is 0 Å². The summed E-state index contributed by atoms with van der Waals surface area (Å²) in [5.41, 5.74) is 12.2. The van der Waals surface area contributed by atoms with E-state index in [0.717, 1.165) is 70.0 Å². The van der Waals surface area contributed by atoms with Crippen molar-refractivity contribution in [3.8, 4) is 22.4 Å². The Morgan fingerprint density at radius 1 is 0.972 bits per heavy atom. The largest absolute Gasteiger partial charge is 0.469 e. The number of benzene rings is 2. The minimum absolute atomic E-state index is 0.0300. The molecule has 3 heterocycles. The first-order valence-corrected chi connectivity index (χ1v) is 12.3. The van der Waals surface area contributed by atoms with Gasteiger partial charge in [0.05, 0.1) is 29.6 Å². The lowest BCUT2D eigenvalue weighted by Gasteiger charge is -2.28. The van der Waals surface area contributed by atoms with Gasteiger partial charge in [0.1, 0.15) is 17.8 Å². The molecule has 1 saturated carbocycles. The van der Waals surface area contributed by atoms with E-state index in [4.69, 9.17) is 15.5 Å². The highest BCUT2D eigenvalue weighted by Gasteiger charge is 2.29. The third-order valence-electron chi connectivity index (χ3n) is 7.34.